The molecule has 0 unspecified atom stereocenters. The maximum absolute atomic E-state index is 13.7. The van der Waals surface area contributed by atoms with Crippen LogP contribution in [0.2, 0.25) is 10.0 Å². The standard InChI is InChI=1S/C25H19Cl2F3N2O2S/c26-14-10-15(27)12-16(11-14)32-35(33,34)17-8-9-23-21(13-17)18-5-3-6-19(18)24(31-23)20-4-1-2-7-22(20)25(28,29)30/h1-5,7-13,18-19,24,31-32H,6H2/t18-,19+,24-/m0/s1. The first-order chi connectivity index (χ1) is 16.5. The van der Waals surface area contributed by atoms with Crippen molar-refractivity contribution < 1.29 is 21.6 Å². The predicted octanol–water partition coefficient (Wildman–Crippen LogP) is 7.64. The molecule has 1 heterocycles. The van der Waals surface area contributed by atoms with Gasteiger partial charge in [0.1, 0.15) is 0 Å². The second kappa shape index (κ2) is 8.76. The smallest absolute Gasteiger partial charge is 0.378 e. The Kier molecular flexibility index (Phi) is 6.02. The molecular formula is C25H19Cl2F3N2O2S. The van der Waals surface area contributed by atoms with Crippen molar-refractivity contribution in [2.75, 3.05) is 10.0 Å². The van der Waals surface area contributed by atoms with Crippen LogP contribution in [0, 0.1) is 5.92 Å². The second-order valence-electron chi connectivity index (χ2n) is 8.57. The van der Waals surface area contributed by atoms with E-state index in [1.165, 1.54) is 36.4 Å². The highest BCUT2D eigenvalue weighted by atomic mass is 35.5. The first-order valence-corrected chi connectivity index (χ1v) is 13.0. The van der Waals surface area contributed by atoms with Gasteiger partial charge in [-0.1, -0.05) is 53.6 Å². The van der Waals surface area contributed by atoms with Crippen LogP contribution in [-0.4, -0.2) is 8.42 Å². The van der Waals surface area contributed by atoms with Crippen molar-refractivity contribution in [3.8, 4) is 0 Å². The molecule has 1 aliphatic carbocycles. The number of rotatable bonds is 4. The first-order valence-electron chi connectivity index (χ1n) is 10.7. The third-order valence-corrected chi connectivity index (χ3v) is 8.18. The number of sulfonamides is 1. The zero-order valence-corrected chi connectivity index (χ0v) is 20.3. The summed E-state index contributed by atoms with van der Waals surface area (Å²) in [5, 5.41) is 3.82. The molecule has 0 fully saturated rings. The molecule has 0 aromatic heterocycles. The highest BCUT2D eigenvalue weighted by Crippen LogP contribution is 2.51. The number of hydrogen-bond donors (Lipinski definition) is 2. The molecule has 5 rings (SSSR count). The van der Waals surface area contributed by atoms with Gasteiger partial charge >= 0.3 is 6.18 Å². The fraction of sp³-hybridized carbons (Fsp3) is 0.200. The number of benzene rings is 3. The van der Waals surface area contributed by atoms with Gasteiger partial charge in [0.05, 0.1) is 22.2 Å². The fourth-order valence-electron chi connectivity index (χ4n) is 4.90. The molecule has 0 saturated heterocycles. The van der Waals surface area contributed by atoms with Crippen molar-refractivity contribution in [3.63, 3.8) is 0 Å². The average Bonchev–Trinajstić information content (AvgIpc) is 3.27. The summed E-state index contributed by atoms with van der Waals surface area (Å²) >= 11 is 12.0. The Morgan fingerprint density at radius 1 is 0.943 bits per heavy atom. The quantitative estimate of drug-likeness (QED) is 0.335. The fourth-order valence-corrected chi connectivity index (χ4v) is 6.50. The van der Waals surface area contributed by atoms with E-state index in [0.29, 0.717) is 12.1 Å². The van der Waals surface area contributed by atoms with Gasteiger partial charge in [0, 0.05) is 21.7 Å². The lowest BCUT2D eigenvalue weighted by Gasteiger charge is -2.38. The Bertz CT molecular complexity index is 1420. The molecule has 2 aliphatic rings. The van der Waals surface area contributed by atoms with Crippen molar-refractivity contribution >= 4 is 44.6 Å². The molecule has 0 radical (unpaired) electrons. The summed E-state index contributed by atoms with van der Waals surface area (Å²) in [4.78, 5) is 0.0299. The average molecular weight is 539 g/mol. The van der Waals surface area contributed by atoms with Crippen LogP contribution in [-0.2, 0) is 16.2 Å². The molecule has 2 N–H and O–H groups in total. The second-order valence-corrected chi connectivity index (χ2v) is 11.1. The molecule has 35 heavy (non-hydrogen) atoms. The maximum Gasteiger partial charge on any atom is 0.416 e. The minimum Gasteiger partial charge on any atom is -0.378 e. The van der Waals surface area contributed by atoms with Gasteiger partial charge in [-0.15, -0.1) is 0 Å². The number of halogens is 5. The summed E-state index contributed by atoms with van der Waals surface area (Å²) in [5.41, 5.74) is 1.05. The lowest BCUT2D eigenvalue weighted by atomic mass is 9.76. The molecule has 10 heteroatoms. The number of nitrogens with one attached hydrogen (secondary N) is 2. The number of alkyl halides is 3. The van der Waals surface area contributed by atoms with Crippen LogP contribution in [0.5, 0.6) is 0 Å². The van der Waals surface area contributed by atoms with Gasteiger partial charge in [-0.3, -0.25) is 4.72 Å². The van der Waals surface area contributed by atoms with Gasteiger partial charge in [0.2, 0.25) is 0 Å². The Morgan fingerprint density at radius 2 is 1.66 bits per heavy atom. The molecule has 182 valence electrons. The van der Waals surface area contributed by atoms with Crippen molar-refractivity contribution in [3.05, 3.63) is 99.6 Å². The third-order valence-electron chi connectivity index (χ3n) is 6.36. The molecular weight excluding hydrogens is 520 g/mol. The van der Waals surface area contributed by atoms with Crippen molar-refractivity contribution in [2.24, 2.45) is 5.92 Å². The van der Waals surface area contributed by atoms with E-state index in [-0.39, 0.29) is 38.0 Å². The Balaban J connectivity index is 1.51. The van der Waals surface area contributed by atoms with Gasteiger partial charge in [-0.25, -0.2) is 8.42 Å². The number of hydrogen-bond acceptors (Lipinski definition) is 3. The van der Waals surface area contributed by atoms with Gasteiger partial charge in [-0.05, 0) is 65.9 Å². The van der Waals surface area contributed by atoms with E-state index < -0.39 is 27.8 Å². The molecule has 0 amide bonds. The number of anilines is 2. The number of allylic oxidation sites excluding steroid dienone is 2. The van der Waals surface area contributed by atoms with Crippen LogP contribution >= 0.6 is 23.2 Å². The van der Waals surface area contributed by atoms with Crippen molar-refractivity contribution in [2.45, 2.75) is 29.5 Å². The zero-order valence-electron chi connectivity index (χ0n) is 18.0. The molecule has 3 atom stereocenters. The van der Waals surface area contributed by atoms with E-state index in [2.05, 4.69) is 10.0 Å². The third kappa shape index (κ3) is 4.62. The summed E-state index contributed by atoms with van der Waals surface area (Å²) in [5.74, 6) is -0.419. The molecule has 4 nitrogen and oxygen atoms in total. The largest absolute Gasteiger partial charge is 0.416 e. The maximum atomic E-state index is 13.7. The lowest BCUT2D eigenvalue weighted by molar-refractivity contribution is -0.138. The first kappa shape index (κ1) is 24.0. The van der Waals surface area contributed by atoms with E-state index in [4.69, 9.17) is 23.2 Å². The van der Waals surface area contributed by atoms with Crippen LogP contribution in [0.1, 0.15) is 35.1 Å². The molecule has 0 spiro atoms. The van der Waals surface area contributed by atoms with E-state index in [1.54, 1.807) is 18.2 Å². The summed E-state index contributed by atoms with van der Waals surface area (Å²) in [7, 11) is -3.97. The zero-order chi connectivity index (χ0) is 25.0. The van der Waals surface area contributed by atoms with Gasteiger partial charge in [0.25, 0.3) is 10.0 Å². The van der Waals surface area contributed by atoms with Crippen LogP contribution in [0.15, 0.2) is 77.7 Å². The van der Waals surface area contributed by atoms with Crippen LogP contribution in [0.3, 0.4) is 0 Å². The predicted molar refractivity (Wildman–Crippen MR) is 132 cm³/mol. The Morgan fingerprint density at radius 3 is 2.37 bits per heavy atom. The SMILES string of the molecule is O=S(=O)(Nc1cc(Cl)cc(Cl)c1)c1ccc2c(c1)[C@H]1C=CC[C@H]1[C@@H](c1ccccc1C(F)(F)F)N2. The summed E-state index contributed by atoms with van der Waals surface area (Å²) in [6.45, 7) is 0. The molecule has 3 aromatic rings. The van der Waals surface area contributed by atoms with E-state index in [0.717, 1.165) is 11.6 Å². The van der Waals surface area contributed by atoms with Gasteiger partial charge in [-0.2, -0.15) is 13.2 Å². The van der Waals surface area contributed by atoms with E-state index in [9.17, 15) is 21.6 Å². The van der Waals surface area contributed by atoms with E-state index >= 15 is 0 Å². The molecule has 0 saturated carbocycles. The highest BCUT2D eigenvalue weighted by Gasteiger charge is 2.42. The minimum absolute atomic E-state index is 0.0299. The molecule has 0 bridgehead atoms. The van der Waals surface area contributed by atoms with Gasteiger partial charge in [0.15, 0.2) is 0 Å². The van der Waals surface area contributed by atoms with Crippen molar-refractivity contribution in [1.82, 2.24) is 0 Å². The topological polar surface area (TPSA) is 58.2 Å². The normalized spacial score (nSPS) is 21.2. The van der Waals surface area contributed by atoms with Crippen LogP contribution < -0.4 is 10.0 Å². The summed E-state index contributed by atoms with van der Waals surface area (Å²) in [6.07, 6.45) is -0.0338. The van der Waals surface area contributed by atoms with Crippen LogP contribution in [0.25, 0.3) is 0 Å². The molecule has 1 aliphatic heterocycles. The highest BCUT2D eigenvalue weighted by molar-refractivity contribution is 7.92. The van der Waals surface area contributed by atoms with E-state index in [1.807, 2.05) is 12.2 Å². The van der Waals surface area contributed by atoms with Crippen LogP contribution in [0.4, 0.5) is 24.5 Å². The lowest BCUT2D eigenvalue weighted by Crippen LogP contribution is -2.31. The summed E-state index contributed by atoms with van der Waals surface area (Å²) < 4.78 is 69.8. The number of fused-ring (bicyclic) bond motifs is 3. The Labute approximate surface area is 210 Å². The Hall–Kier alpha value is -2.68. The van der Waals surface area contributed by atoms with Crippen molar-refractivity contribution in [1.29, 1.82) is 0 Å². The molecule has 3 aromatic carbocycles. The monoisotopic (exact) mass is 538 g/mol. The van der Waals surface area contributed by atoms with Gasteiger partial charge < -0.3 is 5.32 Å². The minimum atomic E-state index is -4.48. The summed E-state index contributed by atoms with van der Waals surface area (Å²) in [6, 6.07) is 14.0.